The Morgan fingerprint density at radius 3 is 2.76 bits per heavy atom. The molecule has 0 saturated carbocycles. The number of nitrogens with zero attached hydrogens (tertiary/aromatic N) is 3. The summed E-state index contributed by atoms with van der Waals surface area (Å²) in [6.45, 7) is -1.66. The predicted octanol–water partition coefficient (Wildman–Crippen LogP) is 2.85. The minimum absolute atomic E-state index is 0.00749. The van der Waals surface area contributed by atoms with Gasteiger partial charge >= 0.3 is 6.61 Å². The van der Waals surface area contributed by atoms with Crippen LogP contribution in [0.1, 0.15) is 27.2 Å². The van der Waals surface area contributed by atoms with Gasteiger partial charge in [0.05, 0.1) is 19.4 Å². The van der Waals surface area contributed by atoms with E-state index in [0.717, 1.165) is 25.1 Å². The first kappa shape index (κ1) is 23.3. The van der Waals surface area contributed by atoms with Gasteiger partial charge < -0.3 is 31.2 Å². The molecule has 10 nitrogen and oxygen atoms in total. The van der Waals surface area contributed by atoms with Crippen molar-refractivity contribution in [3.05, 3.63) is 58.8 Å². The zero-order valence-electron chi connectivity index (χ0n) is 18.3. The predicted molar refractivity (Wildman–Crippen MR) is 121 cm³/mol. The minimum atomic E-state index is -2.92. The maximum atomic E-state index is 12.5. The van der Waals surface area contributed by atoms with Gasteiger partial charge in [0.2, 0.25) is 5.95 Å². The van der Waals surface area contributed by atoms with Crippen LogP contribution in [0, 0.1) is 0 Å². The van der Waals surface area contributed by atoms with E-state index in [1.165, 1.54) is 5.56 Å². The van der Waals surface area contributed by atoms with Crippen molar-refractivity contribution < 1.29 is 23.0 Å². The highest BCUT2D eigenvalue weighted by molar-refractivity contribution is 5.96. The van der Waals surface area contributed by atoms with Crippen LogP contribution in [0.2, 0.25) is 0 Å². The monoisotopic (exact) mass is 471 g/mol. The highest BCUT2D eigenvalue weighted by Gasteiger charge is 2.19. The number of hydrogen-bond donors (Lipinski definition) is 4. The van der Waals surface area contributed by atoms with Gasteiger partial charge in [0.1, 0.15) is 5.75 Å². The number of halogens is 2. The number of nitrogens with two attached hydrogens (primary N) is 1. The molecule has 3 aromatic rings. The fourth-order valence-electron chi connectivity index (χ4n) is 3.58. The van der Waals surface area contributed by atoms with Gasteiger partial charge in [-0.25, -0.2) is 0 Å². The number of nitrogens with one attached hydrogen (secondary N) is 3. The maximum absolute atomic E-state index is 12.5. The second-order valence-electron chi connectivity index (χ2n) is 7.42. The lowest BCUT2D eigenvalue weighted by molar-refractivity contribution is -0.137. The van der Waals surface area contributed by atoms with Crippen molar-refractivity contribution in [1.82, 2.24) is 20.5 Å². The van der Waals surface area contributed by atoms with Crippen molar-refractivity contribution in [2.75, 3.05) is 24.3 Å². The van der Waals surface area contributed by atoms with E-state index < -0.39 is 12.5 Å². The normalized spacial score (nSPS) is 12.8. The number of rotatable bonds is 9. The van der Waals surface area contributed by atoms with Gasteiger partial charge in [-0.1, -0.05) is 18.2 Å². The Morgan fingerprint density at radius 2 is 2.00 bits per heavy atom. The number of para-hydroxylation sites is 1. The fraction of sp³-hybridized carbons (Fsp3) is 0.273. The lowest BCUT2D eigenvalue weighted by atomic mass is 10.00. The van der Waals surface area contributed by atoms with Crippen LogP contribution in [-0.2, 0) is 24.3 Å². The molecule has 1 aliphatic heterocycles. The van der Waals surface area contributed by atoms with Crippen molar-refractivity contribution >= 4 is 29.0 Å². The molecule has 1 aromatic heterocycles. The number of ether oxygens (including phenoxy) is 2. The number of carbonyl (C=O) groups excluding carboxylic acids is 1. The zero-order valence-corrected chi connectivity index (χ0v) is 18.3. The van der Waals surface area contributed by atoms with Gasteiger partial charge in [-0.15, -0.1) is 10.2 Å². The van der Waals surface area contributed by atoms with Crippen LogP contribution in [-0.4, -0.2) is 41.4 Å². The Kier molecular flexibility index (Phi) is 7.09. The molecule has 0 spiro atoms. The molecular formula is C22H23F2N7O3. The highest BCUT2D eigenvalue weighted by atomic mass is 19.3. The maximum Gasteiger partial charge on any atom is 0.345 e. The van der Waals surface area contributed by atoms with Gasteiger partial charge in [0.15, 0.2) is 11.5 Å². The molecule has 2 heterocycles. The molecule has 1 aliphatic rings. The van der Waals surface area contributed by atoms with Crippen LogP contribution in [0.25, 0.3) is 0 Å². The molecule has 1 amide bonds. The quantitative estimate of drug-likeness (QED) is 0.371. The molecule has 0 unspecified atom stereocenters. The van der Waals surface area contributed by atoms with Gasteiger partial charge in [-0.3, -0.25) is 4.79 Å². The summed E-state index contributed by atoms with van der Waals surface area (Å²) < 4.78 is 35.0. The lowest BCUT2D eigenvalue weighted by Crippen LogP contribution is -2.23. The minimum Gasteiger partial charge on any atom is -0.495 e. The van der Waals surface area contributed by atoms with Crippen molar-refractivity contribution in [3.8, 4) is 5.75 Å². The summed E-state index contributed by atoms with van der Waals surface area (Å²) in [7, 11) is 1.56. The lowest BCUT2D eigenvalue weighted by Gasteiger charge is -2.20. The third-order valence-electron chi connectivity index (χ3n) is 5.21. The van der Waals surface area contributed by atoms with Crippen LogP contribution >= 0.6 is 0 Å². The first-order valence-electron chi connectivity index (χ1n) is 10.4. The smallest absolute Gasteiger partial charge is 0.345 e. The number of anilines is 4. The highest BCUT2D eigenvalue weighted by Crippen LogP contribution is 2.32. The summed E-state index contributed by atoms with van der Waals surface area (Å²) >= 11 is 0. The van der Waals surface area contributed by atoms with Crippen molar-refractivity contribution in [3.63, 3.8) is 0 Å². The Hall–Kier alpha value is -3.90. The number of benzene rings is 2. The number of alkyl halides is 2. The van der Waals surface area contributed by atoms with Crippen LogP contribution < -0.4 is 26.4 Å². The standard InChI is InChI=1S/C22H23F2N7O3/c1-33-17-9-12-6-7-26-10-14(12)8-16(17)28-22-29-20(18(19(25)32)30-31-22)27-15-5-3-2-4-13(15)11-34-21(23)24/h2-5,8-9,21,26H,6-7,10-11H2,1H3,(H2,25,32)(H2,27,28,29,31). The van der Waals surface area contributed by atoms with Crippen LogP contribution in [0.15, 0.2) is 36.4 Å². The number of carbonyl (C=O) groups is 1. The van der Waals surface area contributed by atoms with E-state index >= 15 is 0 Å². The van der Waals surface area contributed by atoms with E-state index in [-0.39, 0.29) is 24.1 Å². The third kappa shape index (κ3) is 5.35. The summed E-state index contributed by atoms with van der Waals surface area (Å²) in [4.78, 5) is 16.3. The molecule has 4 rings (SSSR count). The molecule has 34 heavy (non-hydrogen) atoms. The fourth-order valence-corrected chi connectivity index (χ4v) is 3.58. The Morgan fingerprint density at radius 1 is 1.18 bits per heavy atom. The van der Waals surface area contributed by atoms with E-state index in [4.69, 9.17) is 10.5 Å². The van der Waals surface area contributed by atoms with E-state index in [1.807, 2.05) is 12.1 Å². The summed E-state index contributed by atoms with van der Waals surface area (Å²) in [5.74, 6) is -0.163. The number of fused-ring (bicyclic) bond motifs is 1. The van der Waals surface area contributed by atoms with Crippen molar-refractivity contribution in [1.29, 1.82) is 0 Å². The molecule has 12 heteroatoms. The molecule has 0 fully saturated rings. The van der Waals surface area contributed by atoms with E-state index in [1.54, 1.807) is 31.4 Å². The molecule has 0 saturated heterocycles. The summed E-state index contributed by atoms with van der Waals surface area (Å²) in [6.07, 6.45) is 0.889. The largest absolute Gasteiger partial charge is 0.495 e. The number of primary amides is 1. The van der Waals surface area contributed by atoms with E-state index in [2.05, 4.69) is 35.9 Å². The summed E-state index contributed by atoms with van der Waals surface area (Å²) in [5.41, 5.74) is 8.97. The number of amides is 1. The molecule has 0 aliphatic carbocycles. The van der Waals surface area contributed by atoms with Gasteiger partial charge in [0.25, 0.3) is 5.91 Å². The third-order valence-corrected chi connectivity index (χ3v) is 5.21. The van der Waals surface area contributed by atoms with Gasteiger partial charge in [0, 0.05) is 17.8 Å². The SMILES string of the molecule is COc1cc2c(cc1Nc1nnc(C(N)=O)c(Nc3ccccc3COC(F)F)n1)CNCC2. The topological polar surface area (TPSA) is 136 Å². The average Bonchev–Trinajstić information content (AvgIpc) is 2.83. The van der Waals surface area contributed by atoms with Crippen LogP contribution in [0.4, 0.5) is 31.9 Å². The Labute approximate surface area is 193 Å². The van der Waals surface area contributed by atoms with Crippen molar-refractivity contribution in [2.24, 2.45) is 5.73 Å². The first-order valence-corrected chi connectivity index (χ1v) is 10.4. The molecule has 0 atom stereocenters. The van der Waals surface area contributed by atoms with Gasteiger partial charge in [-0.2, -0.15) is 13.8 Å². The first-order chi connectivity index (χ1) is 16.4. The summed E-state index contributed by atoms with van der Waals surface area (Å²) in [6, 6.07) is 10.5. The summed E-state index contributed by atoms with van der Waals surface area (Å²) in [5, 5.41) is 17.2. The molecule has 5 N–H and O–H groups in total. The van der Waals surface area contributed by atoms with Gasteiger partial charge in [-0.05, 0) is 42.3 Å². The van der Waals surface area contributed by atoms with E-state index in [0.29, 0.717) is 22.7 Å². The molecule has 0 radical (unpaired) electrons. The Bertz CT molecular complexity index is 1190. The average molecular weight is 471 g/mol. The number of aromatic nitrogens is 3. The van der Waals surface area contributed by atoms with Crippen LogP contribution in [0.3, 0.4) is 0 Å². The number of hydrogen-bond acceptors (Lipinski definition) is 9. The number of methoxy groups -OCH3 is 1. The molecule has 0 bridgehead atoms. The molecule has 178 valence electrons. The van der Waals surface area contributed by atoms with Crippen LogP contribution in [0.5, 0.6) is 5.75 Å². The van der Waals surface area contributed by atoms with Crippen molar-refractivity contribution in [2.45, 2.75) is 26.2 Å². The second kappa shape index (κ2) is 10.4. The molecular weight excluding hydrogens is 448 g/mol. The zero-order chi connectivity index (χ0) is 24.1. The second-order valence-corrected chi connectivity index (χ2v) is 7.42. The van der Waals surface area contributed by atoms with E-state index in [9.17, 15) is 13.6 Å². The Balaban J connectivity index is 1.65. The molecule has 2 aromatic carbocycles.